The third-order valence-electron chi connectivity index (χ3n) is 4.31. The summed E-state index contributed by atoms with van der Waals surface area (Å²) in [7, 11) is -1.27. The number of carbonyl (C=O) groups is 1. The summed E-state index contributed by atoms with van der Waals surface area (Å²) in [6.45, 7) is 0.798. The summed E-state index contributed by atoms with van der Waals surface area (Å²) < 4.78 is 31.0. The van der Waals surface area contributed by atoms with E-state index in [1.54, 1.807) is 29.2 Å². The lowest BCUT2D eigenvalue weighted by molar-refractivity contribution is -0.132. The minimum Gasteiger partial charge on any atom is -0.484 e. The van der Waals surface area contributed by atoms with Gasteiger partial charge in [-0.2, -0.15) is 0 Å². The Morgan fingerprint density at radius 2 is 1.88 bits per heavy atom. The Balaban J connectivity index is 1.51. The highest BCUT2D eigenvalue weighted by Gasteiger charge is 2.31. The fourth-order valence-corrected chi connectivity index (χ4v) is 4.24. The molecule has 0 aromatic heterocycles. The van der Waals surface area contributed by atoms with Crippen molar-refractivity contribution in [1.29, 1.82) is 0 Å². The fourth-order valence-electron chi connectivity index (χ4n) is 2.82. The molecule has 2 unspecified atom stereocenters. The zero-order valence-electron chi connectivity index (χ0n) is 14.1. The van der Waals surface area contributed by atoms with Crippen molar-refractivity contribution in [3.05, 3.63) is 59.9 Å². The Morgan fingerprint density at radius 3 is 2.54 bits per heavy atom. The molecule has 1 aliphatic rings. The number of aliphatic hydroxyl groups excluding tert-OH is 1. The number of halogens is 1. The van der Waals surface area contributed by atoms with E-state index in [2.05, 4.69) is 0 Å². The molecule has 2 aromatic carbocycles. The van der Waals surface area contributed by atoms with E-state index in [1.807, 2.05) is 0 Å². The van der Waals surface area contributed by atoms with Crippen LogP contribution in [0.3, 0.4) is 0 Å². The van der Waals surface area contributed by atoms with Crippen molar-refractivity contribution in [2.75, 3.05) is 19.7 Å². The number of ether oxygens (including phenoxy) is 1. The lowest BCUT2D eigenvalue weighted by Crippen LogP contribution is -2.34. The van der Waals surface area contributed by atoms with Crippen LogP contribution in [0.4, 0.5) is 4.39 Å². The van der Waals surface area contributed by atoms with Gasteiger partial charge in [0.2, 0.25) is 0 Å². The Hall–Kier alpha value is -2.25. The van der Waals surface area contributed by atoms with Crippen molar-refractivity contribution in [2.45, 2.75) is 23.2 Å². The summed E-state index contributed by atoms with van der Waals surface area (Å²) in [5.41, 5.74) is 0.773. The molecule has 1 amide bonds. The van der Waals surface area contributed by atoms with Gasteiger partial charge in [0.1, 0.15) is 11.6 Å². The molecule has 0 spiro atoms. The van der Waals surface area contributed by atoms with E-state index in [4.69, 9.17) is 9.84 Å². The quantitative estimate of drug-likeness (QED) is 0.837. The maximum Gasteiger partial charge on any atom is 0.260 e. The normalized spacial score (nSPS) is 17.9. The predicted molar refractivity (Wildman–Crippen MR) is 95.7 cm³/mol. The molecule has 2 atom stereocenters. The molecule has 138 valence electrons. The minimum atomic E-state index is -1.27. The zero-order valence-corrected chi connectivity index (χ0v) is 15.0. The second-order valence-electron chi connectivity index (χ2n) is 6.09. The van der Waals surface area contributed by atoms with Crippen molar-refractivity contribution >= 4 is 16.7 Å². The van der Waals surface area contributed by atoms with E-state index in [1.165, 1.54) is 24.3 Å². The van der Waals surface area contributed by atoms with Crippen LogP contribution in [0.25, 0.3) is 0 Å². The molecule has 0 bridgehead atoms. The zero-order chi connectivity index (χ0) is 18.5. The molecular formula is C19H20FNO4S. The van der Waals surface area contributed by atoms with Gasteiger partial charge in [0.15, 0.2) is 6.61 Å². The van der Waals surface area contributed by atoms with Gasteiger partial charge in [-0.15, -0.1) is 0 Å². The summed E-state index contributed by atoms with van der Waals surface area (Å²) in [6.07, 6.45) is 0.640. The molecule has 1 fully saturated rings. The first-order chi connectivity index (χ1) is 12.6. The van der Waals surface area contributed by atoms with Crippen molar-refractivity contribution in [1.82, 2.24) is 4.90 Å². The topological polar surface area (TPSA) is 66.8 Å². The van der Waals surface area contributed by atoms with Gasteiger partial charge < -0.3 is 14.7 Å². The van der Waals surface area contributed by atoms with Gasteiger partial charge in [0.05, 0.1) is 22.7 Å². The van der Waals surface area contributed by atoms with Crippen LogP contribution in [0.5, 0.6) is 5.75 Å². The van der Waals surface area contributed by atoms with Crippen LogP contribution in [0.15, 0.2) is 53.4 Å². The summed E-state index contributed by atoms with van der Waals surface area (Å²) >= 11 is 0. The van der Waals surface area contributed by atoms with Gasteiger partial charge in [0.25, 0.3) is 5.91 Å². The predicted octanol–water partition coefficient (Wildman–Crippen LogP) is 2.11. The van der Waals surface area contributed by atoms with E-state index >= 15 is 0 Å². The molecule has 1 aliphatic heterocycles. The monoisotopic (exact) mass is 377 g/mol. The van der Waals surface area contributed by atoms with Gasteiger partial charge >= 0.3 is 0 Å². The molecule has 0 saturated carbocycles. The Morgan fingerprint density at radius 1 is 1.19 bits per heavy atom. The average Bonchev–Trinajstić information content (AvgIpc) is 3.17. The Kier molecular flexibility index (Phi) is 6.00. The molecule has 0 radical (unpaired) electrons. The van der Waals surface area contributed by atoms with Crippen molar-refractivity contribution in [3.8, 4) is 5.75 Å². The van der Waals surface area contributed by atoms with Crippen LogP contribution in [-0.4, -0.2) is 45.1 Å². The summed E-state index contributed by atoms with van der Waals surface area (Å²) in [6, 6.07) is 12.5. The SMILES string of the molecule is O=C(COc1ccc(CO)cc1)N1CCC(S(=O)c2ccc(F)cc2)C1. The molecule has 26 heavy (non-hydrogen) atoms. The first-order valence-electron chi connectivity index (χ1n) is 8.33. The first-order valence-corrected chi connectivity index (χ1v) is 9.54. The van der Waals surface area contributed by atoms with Crippen molar-refractivity contribution < 1.29 is 23.2 Å². The molecule has 1 saturated heterocycles. The summed E-state index contributed by atoms with van der Waals surface area (Å²) in [4.78, 5) is 14.5. The number of rotatable bonds is 6. The third-order valence-corrected chi connectivity index (χ3v) is 6.04. The number of hydrogen-bond donors (Lipinski definition) is 1. The number of benzene rings is 2. The second-order valence-corrected chi connectivity index (χ2v) is 7.83. The maximum atomic E-state index is 13.0. The van der Waals surface area contributed by atoms with Gasteiger partial charge in [-0.25, -0.2) is 4.39 Å². The molecule has 7 heteroatoms. The lowest BCUT2D eigenvalue weighted by Gasteiger charge is -2.17. The number of aliphatic hydroxyl groups is 1. The van der Waals surface area contributed by atoms with Gasteiger partial charge in [-0.3, -0.25) is 9.00 Å². The average molecular weight is 377 g/mol. The highest BCUT2D eigenvalue weighted by atomic mass is 32.2. The molecular weight excluding hydrogens is 357 g/mol. The highest BCUT2D eigenvalue weighted by molar-refractivity contribution is 7.85. The Bertz CT molecular complexity index is 779. The lowest BCUT2D eigenvalue weighted by atomic mass is 10.2. The van der Waals surface area contributed by atoms with Crippen molar-refractivity contribution in [2.24, 2.45) is 0 Å². The molecule has 0 aliphatic carbocycles. The molecule has 3 rings (SSSR count). The second kappa shape index (κ2) is 8.42. The fraction of sp³-hybridized carbons (Fsp3) is 0.316. The first kappa shape index (κ1) is 18.5. The van der Waals surface area contributed by atoms with Gasteiger partial charge in [-0.05, 0) is 48.4 Å². The number of carbonyl (C=O) groups excluding carboxylic acids is 1. The van der Waals surface area contributed by atoms with Crippen LogP contribution >= 0.6 is 0 Å². The molecule has 5 nitrogen and oxygen atoms in total. The van der Waals surface area contributed by atoms with E-state index in [-0.39, 0.29) is 30.2 Å². The summed E-state index contributed by atoms with van der Waals surface area (Å²) in [5, 5.41) is 8.85. The van der Waals surface area contributed by atoms with Crippen LogP contribution in [-0.2, 0) is 22.2 Å². The number of amides is 1. The minimum absolute atomic E-state index is 0.0421. The summed E-state index contributed by atoms with van der Waals surface area (Å²) in [5.74, 6) is 0.0363. The van der Waals surface area contributed by atoms with Crippen molar-refractivity contribution in [3.63, 3.8) is 0 Å². The molecule has 2 aromatic rings. The smallest absolute Gasteiger partial charge is 0.260 e. The maximum absolute atomic E-state index is 13.0. The Labute approximate surface area is 153 Å². The molecule has 1 N–H and O–H groups in total. The van der Waals surface area contributed by atoms with Gasteiger partial charge in [0, 0.05) is 18.0 Å². The van der Waals surface area contributed by atoms with Crippen LogP contribution in [0, 0.1) is 5.82 Å². The van der Waals surface area contributed by atoms with E-state index in [0.717, 1.165) is 5.56 Å². The highest BCUT2D eigenvalue weighted by Crippen LogP contribution is 2.21. The van der Waals surface area contributed by atoms with Crippen LogP contribution in [0.1, 0.15) is 12.0 Å². The standard InChI is InChI=1S/C19H20FNO4S/c20-15-3-7-17(8-4-15)26(24)18-9-10-21(11-18)19(23)13-25-16-5-1-14(12-22)2-6-16/h1-8,18,22H,9-13H2. The van der Waals surface area contributed by atoms with Crippen LogP contribution < -0.4 is 4.74 Å². The molecule has 1 heterocycles. The number of hydrogen-bond acceptors (Lipinski definition) is 4. The van der Waals surface area contributed by atoms with E-state index in [0.29, 0.717) is 30.2 Å². The van der Waals surface area contributed by atoms with E-state index in [9.17, 15) is 13.4 Å². The van der Waals surface area contributed by atoms with Crippen LogP contribution in [0.2, 0.25) is 0 Å². The largest absolute Gasteiger partial charge is 0.484 e. The van der Waals surface area contributed by atoms with Gasteiger partial charge in [-0.1, -0.05) is 12.1 Å². The number of likely N-dealkylation sites (tertiary alicyclic amines) is 1. The number of nitrogens with zero attached hydrogens (tertiary/aromatic N) is 1. The van der Waals surface area contributed by atoms with E-state index < -0.39 is 10.8 Å². The third kappa shape index (κ3) is 4.47.